The van der Waals surface area contributed by atoms with E-state index in [0.717, 1.165) is 0 Å². The van der Waals surface area contributed by atoms with E-state index in [2.05, 4.69) is 5.32 Å². The number of anilines is 1. The summed E-state index contributed by atoms with van der Waals surface area (Å²) in [6.45, 7) is 1.66. The molecule has 0 unspecified atom stereocenters. The summed E-state index contributed by atoms with van der Waals surface area (Å²) in [6, 6.07) is 11.9. The zero-order chi connectivity index (χ0) is 16.1. The normalized spacial score (nSPS) is 11.6. The van der Waals surface area contributed by atoms with E-state index in [1.165, 1.54) is 0 Å². The fourth-order valence-electron chi connectivity index (χ4n) is 1.75. The Balaban J connectivity index is 2.00. The van der Waals surface area contributed by atoms with Gasteiger partial charge in [0.25, 0.3) is 5.91 Å². The summed E-state index contributed by atoms with van der Waals surface area (Å²) in [5.41, 5.74) is 0.556. The third-order valence-corrected chi connectivity index (χ3v) is 3.65. The molecular formula is C16H15Cl2NO3. The predicted molar refractivity (Wildman–Crippen MR) is 88.2 cm³/mol. The van der Waals surface area contributed by atoms with E-state index in [-0.39, 0.29) is 5.91 Å². The molecule has 0 spiro atoms. The van der Waals surface area contributed by atoms with Crippen LogP contribution in [0.4, 0.5) is 5.69 Å². The van der Waals surface area contributed by atoms with E-state index >= 15 is 0 Å². The van der Waals surface area contributed by atoms with Gasteiger partial charge in [-0.2, -0.15) is 0 Å². The molecule has 4 nitrogen and oxygen atoms in total. The number of benzene rings is 2. The highest BCUT2D eigenvalue weighted by atomic mass is 35.5. The monoisotopic (exact) mass is 339 g/mol. The number of halogens is 2. The Morgan fingerprint density at radius 3 is 2.50 bits per heavy atom. The highest BCUT2D eigenvalue weighted by Crippen LogP contribution is 2.25. The maximum atomic E-state index is 12.1. The Morgan fingerprint density at radius 2 is 1.82 bits per heavy atom. The average molecular weight is 340 g/mol. The van der Waals surface area contributed by atoms with Crippen molar-refractivity contribution < 1.29 is 14.3 Å². The minimum Gasteiger partial charge on any atom is -0.497 e. The van der Waals surface area contributed by atoms with Gasteiger partial charge in [-0.3, -0.25) is 4.79 Å². The standard InChI is InChI=1S/C16H15Cl2NO3/c1-10(22-13-5-3-4-12(9-13)21-2)16(20)19-11-6-7-14(17)15(18)8-11/h3-10H,1-2H3,(H,19,20)/t10-/m1/s1. The molecule has 0 radical (unpaired) electrons. The highest BCUT2D eigenvalue weighted by Gasteiger charge is 2.15. The molecule has 0 saturated carbocycles. The molecule has 0 heterocycles. The lowest BCUT2D eigenvalue weighted by atomic mass is 10.3. The zero-order valence-electron chi connectivity index (χ0n) is 12.1. The second-order valence-corrected chi connectivity index (χ2v) is 5.37. The summed E-state index contributed by atoms with van der Waals surface area (Å²) in [7, 11) is 1.57. The quantitative estimate of drug-likeness (QED) is 0.877. The second kappa shape index (κ2) is 7.38. The van der Waals surface area contributed by atoms with Crippen LogP contribution in [-0.4, -0.2) is 19.1 Å². The van der Waals surface area contributed by atoms with Crippen LogP contribution in [0.2, 0.25) is 10.0 Å². The first-order valence-corrected chi connectivity index (χ1v) is 7.32. The fourth-order valence-corrected chi connectivity index (χ4v) is 2.05. The smallest absolute Gasteiger partial charge is 0.265 e. The van der Waals surface area contributed by atoms with Gasteiger partial charge in [-0.25, -0.2) is 0 Å². The largest absolute Gasteiger partial charge is 0.497 e. The summed E-state index contributed by atoms with van der Waals surface area (Å²) < 4.78 is 10.7. The number of carbonyl (C=O) groups is 1. The van der Waals surface area contributed by atoms with Gasteiger partial charge in [-0.05, 0) is 37.3 Å². The molecule has 116 valence electrons. The van der Waals surface area contributed by atoms with Gasteiger partial charge in [-0.1, -0.05) is 29.3 Å². The number of hydrogen-bond donors (Lipinski definition) is 1. The third-order valence-electron chi connectivity index (χ3n) is 2.91. The molecule has 2 rings (SSSR count). The SMILES string of the molecule is COc1cccc(O[C@H](C)C(=O)Nc2ccc(Cl)c(Cl)c2)c1. The number of amides is 1. The molecule has 0 fully saturated rings. The Hall–Kier alpha value is -1.91. The predicted octanol–water partition coefficient (Wildman–Crippen LogP) is 4.41. The van der Waals surface area contributed by atoms with E-state index in [1.54, 1.807) is 56.5 Å². The summed E-state index contributed by atoms with van der Waals surface area (Å²) >= 11 is 11.7. The number of ether oxygens (including phenoxy) is 2. The van der Waals surface area contributed by atoms with Crippen molar-refractivity contribution in [3.8, 4) is 11.5 Å². The van der Waals surface area contributed by atoms with Crippen LogP contribution in [0.15, 0.2) is 42.5 Å². The van der Waals surface area contributed by atoms with Gasteiger partial charge in [-0.15, -0.1) is 0 Å². The van der Waals surface area contributed by atoms with Crippen molar-refractivity contribution in [3.63, 3.8) is 0 Å². The summed E-state index contributed by atoms with van der Waals surface area (Å²) in [4.78, 5) is 12.1. The summed E-state index contributed by atoms with van der Waals surface area (Å²) in [6.07, 6.45) is -0.679. The molecule has 2 aromatic carbocycles. The Labute approximate surface area is 138 Å². The van der Waals surface area contributed by atoms with E-state index < -0.39 is 6.10 Å². The molecule has 2 aromatic rings. The summed E-state index contributed by atoms with van der Waals surface area (Å²) in [5, 5.41) is 3.53. The number of hydrogen-bond acceptors (Lipinski definition) is 3. The Bertz CT molecular complexity index is 676. The first-order chi connectivity index (χ1) is 10.5. The fraction of sp³-hybridized carbons (Fsp3) is 0.188. The van der Waals surface area contributed by atoms with E-state index in [4.69, 9.17) is 32.7 Å². The van der Waals surface area contributed by atoms with Crippen molar-refractivity contribution in [1.29, 1.82) is 0 Å². The van der Waals surface area contributed by atoms with Crippen LogP contribution in [-0.2, 0) is 4.79 Å². The first-order valence-electron chi connectivity index (χ1n) is 6.56. The molecule has 0 aromatic heterocycles. The minimum absolute atomic E-state index is 0.291. The van der Waals surface area contributed by atoms with Crippen LogP contribution >= 0.6 is 23.2 Å². The van der Waals surface area contributed by atoms with Gasteiger partial charge in [0.15, 0.2) is 6.10 Å². The maximum absolute atomic E-state index is 12.1. The van der Waals surface area contributed by atoms with Crippen LogP contribution in [0.3, 0.4) is 0 Å². The highest BCUT2D eigenvalue weighted by molar-refractivity contribution is 6.42. The van der Waals surface area contributed by atoms with Crippen LogP contribution in [0, 0.1) is 0 Å². The van der Waals surface area contributed by atoms with Gasteiger partial charge in [0.2, 0.25) is 0 Å². The summed E-state index contributed by atoms with van der Waals surface area (Å²) in [5.74, 6) is 0.923. The van der Waals surface area contributed by atoms with Crippen molar-refractivity contribution in [3.05, 3.63) is 52.5 Å². The van der Waals surface area contributed by atoms with Gasteiger partial charge >= 0.3 is 0 Å². The molecular weight excluding hydrogens is 325 g/mol. The second-order valence-electron chi connectivity index (χ2n) is 4.56. The Morgan fingerprint density at radius 1 is 1.09 bits per heavy atom. The lowest BCUT2D eigenvalue weighted by molar-refractivity contribution is -0.122. The van der Waals surface area contributed by atoms with Gasteiger partial charge in [0, 0.05) is 11.8 Å². The van der Waals surface area contributed by atoms with Crippen LogP contribution in [0.25, 0.3) is 0 Å². The van der Waals surface area contributed by atoms with Gasteiger partial charge in [0.05, 0.1) is 17.2 Å². The minimum atomic E-state index is -0.679. The number of methoxy groups -OCH3 is 1. The number of rotatable bonds is 5. The van der Waals surface area contributed by atoms with Crippen LogP contribution in [0.1, 0.15) is 6.92 Å². The topological polar surface area (TPSA) is 47.6 Å². The van der Waals surface area contributed by atoms with E-state index in [1.807, 2.05) is 0 Å². The van der Waals surface area contributed by atoms with Crippen LogP contribution < -0.4 is 14.8 Å². The molecule has 1 atom stereocenters. The number of carbonyl (C=O) groups excluding carboxylic acids is 1. The maximum Gasteiger partial charge on any atom is 0.265 e. The molecule has 0 aliphatic carbocycles. The van der Waals surface area contributed by atoms with E-state index in [9.17, 15) is 4.79 Å². The molecule has 1 amide bonds. The molecule has 0 bridgehead atoms. The number of nitrogens with one attached hydrogen (secondary N) is 1. The molecule has 1 N–H and O–H groups in total. The lowest BCUT2D eigenvalue weighted by Crippen LogP contribution is -2.30. The van der Waals surface area contributed by atoms with Crippen LogP contribution in [0.5, 0.6) is 11.5 Å². The Kier molecular flexibility index (Phi) is 5.52. The molecule has 0 saturated heterocycles. The molecule has 0 aliphatic rings. The lowest BCUT2D eigenvalue weighted by Gasteiger charge is -2.15. The van der Waals surface area contributed by atoms with Gasteiger partial charge in [0.1, 0.15) is 11.5 Å². The van der Waals surface area contributed by atoms with Gasteiger partial charge < -0.3 is 14.8 Å². The van der Waals surface area contributed by atoms with Crippen molar-refractivity contribution in [1.82, 2.24) is 0 Å². The average Bonchev–Trinajstić information content (AvgIpc) is 2.51. The molecule has 22 heavy (non-hydrogen) atoms. The van der Waals surface area contributed by atoms with Crippen molar-refractivity contribution >= 4 is 34.8 Å². The van der Waals surface area contributed by atoms with Crippen molar-refractivity contribution in [2.45, 2.75) is 13.0 Å². The van der Waals surface area contributed by atoms with Crippen molar-refractivity contribution in [2.75, 3.05) is 12.4 Å². The first kappa shape index (κ1) is 16.5. The van der Waals surface area contributed by atoms with Crippen molar-refractivity contribution in [2.24, 2.45) is 0 Å². The zero-order valence-corrected chi connectivity index (χ0v) is 13.6. The molecule has 6 heteroatoms. The molecule has 0 aliphatic heterocycles. The van der Waals surface area contributed by atoms with E-state index in [0.29, 0.717) is 27.2 Å². The third kappa shape index (κ3) is 4.29.